The number of carbonyl (C=O) groups excluding carboxylic acids is 1. The number of pyridine rings is 1. The number of rotatable bonds is 4. The van der Waals surface area contributed by atoms with Crippen LogP contribution in [0.4, 0.5) is 5.69 Å². The Morgan fingerprint density at radius 3 is 2.84 bits per heavy atom. The summed E-state index contributed by atoms with van der Waals surface area (Å²) >= 11 is 0. The number of amides is 1. The van der Waals surface area contributed by atoms with Gasteiger partial charge in [0.15, 0.2) is 0 Å². The third-order valence-electron chi connectivity index (χ3n) is 2.47. The zero-order valence-corrected chi connectivity index (χ0v) is 10.9. The Bertz CT molecular complexity index is 502. The van der Waals surface area contributed by atoms with E-state index in [0.717, 1.165) is 5.69 Å². The van der Waals surface area contributed by atoms with Gasteiger partial charge in [0, 0.05) is 12.3 Å². The Balaban J connectivity index is 2.02. The molecule has 0 unspecified atom stereocenters. The minimum atomic E-state index is -0.231. The van der Waals surface area contributed by atoms with Crippen molar-refractivity contribution in [1.29, 1.82) is 5.41 Å². The Morgan fingerprint density at radius 1 is 1.53 bits per heavy atom. The van der Waals surface area contributed by atoms with Crippen molar-refractivity contribution in [1.82, 2.24) is 10.3 Å². The normalized spacial score (nSPS) is 16.9. The molecule has 2 heterocycles. The van der Waals surface area contributed by atoms with Crippen LogP contribution in [0.3, 0.4) is 0 Å². The quantitative estimate of drug-likeness (QED) is 0.712. The number of hydrogen-bond donors (Lipinski definition) is 3. The first-order valence-corrected chi connectivity index (χ1v) is 6.01. The van der Waals surface area contributed by atoms with Crippen molar-refractivity contribution >= 4 is 17.3 Å². The summed E-state index contributed by atoms with van der Waals surface area (Å²) in [4.78, 5) is 15.5. The summed E-state index contributed by atoms with van der Waals surface area (Å²) in [6.45, 7) is 4.15. The van der Waals surface area contributed by atoms with E-state index in [1.54, 1.807) is 18.3 Å². The first-order chi connectivity index (χ1) is 9.06. The average Bonchev–Trinajstić information content (AvgIpc) is 2.68. The van der Waals surface area contributed by atoms with E-state index in [9.17, 15) is 4.79 Å². The van der Waals surface area contributed by atoms with E-state index >= 15 is 0 Å². The van der Waals surface area contributed by atoms with E-state index in [1.165, 1.54) is 6.20 Å². The molecule has 3 N–H and O–H groups in total. The number of ether oxygens (including phenoxy) is 1. The summed E-state index contributed by atoms with van der Waals surface area (Å²) in [7, 11) is 0. The van der Waals surface area contributed by atoms with Gasteiger partial charge in [-0.3, -0.25) is 4.79 Å². The van der Waals surface area contributed by atoms with Crippen molar-refractivity contribution in [3.63, 3.8) is 0 Å². The van der Waals surface area contributed by atoms with Crippen LogP contribution in [0.1, 0.15) is 13.8 Å². The summed E-state index contributed by atoms with van der Waals surface area (Å²) in [5.74, 6) is 0.324. The monoisotopic (exact) mass is 260 g/mol. The maximum atomic E-state index is 11.4. The van der Waals surface area contributed by atoms with Crippen molar-refractivity contribution in [2.45, 2.75) is 20.0 Å². The number of anilines is 1. The van der Waals surface area contributed by atoms with Gasteiger partial charge >= 0.3 is 0 Å². The third-order valence-corrected chi connectivity index (χ3v) is 2.47. The molecule has 1 aromatic rings. The molecule has 2 rings (SSSR count). The number of aromatic nitrogens is 1. The molecule has 0 saturated carbocycles. The predicted molar refractivity (Wildman–Crippen MR) is 72.4 cm³/mol. The molecule has 6 nitrogen and oxygen atoms in total. The van der Waals surface area contributed by atoms with Gasteiger partial charge in [-0.2, -0.15) is 0 Å². The lowest BCUT2D eigenvalue weighted by Gasteiger charge is -2.08. The van der Waals surface area contributed by atoms with Crippen LogP contribution in [0.5, 0.6) is 5.88 Å². The van der Waals surface area contributed by atoms with Crippen LogP contribution in [0.2, 0.25) is 0 Å². The van der Waals surface area contributed by atoms with Crippen LogP contribution in [0.25, 0.3) is 0 Å². The molecular formula is C13H16N4O2. The number of nitrogens with zero attached hydrogens (tertiary/aromatic N) is 1. The second-order valence-corrected chi connectivity index (χ2v) is 4.42. The molecular weight excluding hydrogens is 244 g/mol. The molecule has 1 saturated heterocycles. The first-order valence-electron chi connectivity index (χ1n) is 6.01. The van der Waals surface area contributed by atoms with E-state index in [2.05, 4.69) is 15.6 Å². The Labute approximate surface area is 111 Å². The predicted octanol–water partition coefficient (Wildman–Crippen LogP) is 1.31. The molecule has 1 aliphatic heterocycles. The lowest BCUT2D eigenvalue weighted by molar-refractivity contribution is -0.116. The summed E-state index contributed by atoms with van der Waals surface area (Å²) < 4.78 is 5.43. The van der Waals surface area contributed by atoms with Crippen molar-refractivity contribution in [2.75, 3.05) is 11.9 Å². The van der Waals surface area contributed by atoms with Crippen LogP contribution in [-0.2, 0) is 4.79 Å². The molecule has 0 bridgehead atoms. The van der Waals surface area contributed by atoms with Crippen LogP contribution < -0.4 is 15.4 Å². The highest BCUT2D eigenvalue weighted by molar-refractivity contribution is 6.26. The summed E-state index contributed by atoms with van der Waals surface area (Å²) in [6, 6.07) is 3.55. The molecule has 19 heavy (non-hydrogen) atoms. The summed E-state index contributed by atoms with van der Waals surface area (Å²) in [5, 5.41) is 13.1. The van der Waals surface area contributed by atoms with Crippen LogP contribution in [-0.4, -0.2) is 29.3 Å². The van der Waals surface area contributed by atoms with E-state index in [-0.39, 0.29) is 24.3 Å². The molecule has 0 atom stereocenters. The van der Waals surface area contributed by atoms with Gasteiger partial charge in [-0.25, -0.2) is 4.98 Å². The molecule has 1 aromatic heterocycles. The van der Waals surface area contributed by atoms with Gasteiger partial charge in [-0.05, 0) is 19.9 Å². The fraction of sp³-hybridized carbons (Fsp3) is 0.308. The second kappa shape index (κ2) is 5.51. The summed E-state index contributed by atoms with van der Waals surface area (Å²) in [6.07, 6.45) is 3.21. The van der Waals surface area contributed by atoms with E-state index < -0.39 is 0 Å². The lowest BCUT2D eigenvalue weighted by atomic mass is 10.2. The van der Waals surface area contributed by atoms with Crippen molar-refractivity contribution in [3.8, 4) is 5.88 Å². The fourth-order valence-electron chi connectivity index (χ4n) is 1.58. The minimum absolute atomic E-state index is 0.0797. The highest BCUT2D eigenvalue weighted by Crippen LogP contribution is 2.14. The zero-order chi connectivity index (χ0) is 13.8. The van der Waals surface area contributed by atoms with Crippen LogP contribution in [0, 0.1) is 5.41 Å². The Hall–Kier alpha value is -2.37. The molecule has 1 aliphatic rings. The van der Waals surface area contributed by atoms with Gasteiger partial charge in [0.25, 0.3) is 5.91 Å². The van der Waals surface area contributed by atoms with Gasteiger partial charge in [-0.15, -0.1) is 0 Å². The molecule has 1 amide bonds. The third kappa shape index (κ3) is 3.31. The standard InChI is InChI=1S/C13H16N4O2/c1-8(2)19-12-4-3-9(5-16-12)15-6-10-11(14)7-17-13(10)18/h3-6,8,14-15H,7H2,1-2H3,(H,17,18)/b10-6+,14-11?. The van der Waals surface area contributed by atoms with E-state index in [4.69, 9.17) is 10.1 Å². The molecule has 6 heteroatoms. The van der Waals surface area contributed by atoms with Crippen molar-refractivity contribution in [3.05, 3.63) is 30.1 Å². The maximum absolute atomic E-state index is 11.4. The SMILES string of the molecule is CC(C)Oc1ccc(N/C=C2\C(=N)CNC2=O)cn1. The van der Waals surface area contributed by atoms with Gasteiger partial charge in [0.05, 0.1) is 35.8 Å². The van der Waals surface area contributed by atoms with Gasteiger partial charge < -0.3 is 20.8 Å². The van der Waals surface area contributed by atoms with E-state index in [0.29, 0.717) is 11.5 Å². The first kappa shape index (κ1) is 13.1. The zero-order valence-electron chi connectivity index (χ0n) is 10.9. The molecule has 100 valence electrons. The molecule has 0 aliphatic carbocycles. The van der Waals surface area contributed by atoms with Gasteiger partial charge in [0.2, 0.25) is 5.88 Å². The summed E-state index contributed by atoms with van der Waals surface area (Å²) in [5.41, 5.74) is 1.36. The van der Waals surface area contributed by atoms with Gasteiger partial charge in [0.1, 0.15) is 0 Å². The van der Waals surface area contributed by atoms with Crippen LogP contribution in [0.15, 0.2) is 30.1 Å². The molecule has 0 aromatic carbocycles. The molecule has 0 radical (unpaired) electrons. The largest absolute Gasteiger partial charge is 0.475 e. The van der Waals surface area contributed by atoms with Crippen molar-refractivity contribution in [2.24, 2.45) is 0 Å². The van der Waals surface area contributed by atoms with Crippen LogP contribution >= 0.6 is 0 Å². The second-order valence-electron chi connectivity index (χ2n) is 4.42. The average molecular weight is 260 g/mol. The fourth-order valence-corrected chi connectivity index (χ4v) is 1.58. The maximum Gasteiger partial charge on any atom is 0.254 e. The Morgan fingerprint density at radius 2 is 2.32 bits per heavy atom. The minimum Gasteiger partial charge on any atom is -0.475 e. The number of hydrogen-bond acceptors (Lipinski definition) is 5. The number of carbonyl (C=O) groups is 1. The highest BCUT2D eigenvalue weighted by atomic mass is 16.5. The molecule has 1 fully saturated rings. The Kier molecular flexibility index (Phi) is 3.79. The smallest absolute Gasteiger partial charge is 0.254 e. The lowest BCUT2D eigenvalue weighted by Crippen LogP contribution is -2.14. The van der Waals surface area contributed by atoms with E-state index in [1.807, 2.05) is 13.8 Å². The van der Waals surface area contributed by atoms with Gasteiger partial charge in [-0.1, -0.05) is 0 Å². The topological polar surface area (TPSA) is 87.1 Å². The highest BCUT2D eigenvalue weighted by Gasteiger charge is 2.21. The van der Waals surface area contributed by atoms with Crippen molar-refractivity contribution < 1.29 is 9.53 Å². The number of nitrogens with one attached hydrogen (secondary N) is 3. The molecule has 0 spiro atoms.